The van der Waals surface area contributed by atoms with E-state index in [0.29, 0.717) is 6.54 Å². The number of anilines is 1. The minimum absolute atomic E-state index is 0.0846. The Morgan fingerprint density at radius 3 is 2.85 bits per heavy atom. The van der Waals surface area contributed by atoms with Crippen molar-refractivity contribution < 1.29 is 14.7 Å². The zero-order valence-electron chi connectivity index (χ0n) is 10.7. The maximum Gasteiger partial charge on any atom is 0.353 e. The summed E-state index contributed by atoms with van der Waals surface area (Å²) in [5.41, 5.74) is 2.04. The predicted octanol–water partition coefficient (Wildman–Crippen LogP) is 1.70. The number of fused-ring (bicyclic) bond motifs is 1. The van der Waals surface area contributed by atoms with Crippen LogP contribution in [0.1, 0.15) is 33.0 Å². The van der Waals surface area contributed by atoms with Crippen LogP contribution in [-0.4, -0.2) is 33.7 Å². The molecule has 1 aromatic heterocycles. The highest BCUT2D eigenvalue weighted by molar-refractivity contribution is 6.06. The highest BCUT2D eigenvalue weighted by atomic mass is 16.4. The molecule has 0 unspecified atom stereocenters. The lowest BCUT2D eigenvalue weighted by Crippen LogP contribution is -2.35. The first-order valence-corrected chi connectivity index (χ1v) is 6.35. The van der Waals surface area contributed by atoms with Gasteiger partial charge in [-0.05, 0) is 24.5 Å². The fourth-order valence-electron chi connectivity index (χ4n) is 2.42. The first kappa shape index (κ1) is 12.4. The van der Waals surface area contributed by atoms with E-state index in [0.717, 1.165) is 24.1 Å². The number of benzene rings is 1. The molecular formula is C14H13N3O3. The number of carboxylic acid groups (broad SMARTS) is 1. The zero-order valence-corrected chi connectivity index (χ0v) is 10.7. The van der Waals surface area contributed by atoms with E-state index in [1.807, 2.05) is 24.3 Å². The van der Waals surface area contributed by atoms with E-state index in [-0.39, 0.29) is 17.3 Å². The second-order valence-electron chi connectivity index (χ2n) is 4.66. The predicted molar refractivity (Wildman–Crippen MR) is 72.0 cm³/mol. The molecule has 20 heavy (non-hydrogen) atoms. The van der Waals surface area contributed by atoms with Crippen LogP contribution in [0, 0.1) is 0 Å². The lowest BCUT2D eigenvalue weighted by atomic mass is 10.0. The number of H-pyrrole nitrogens is 1. The summed E-state index contributed by atoms with van der Waals surface area (Å²) in [5, 5.41) is 15.0. The Hall–Kier alpha value is -2.63. The molecule has 0 bridgehead atoms. The molecule has 2 N–H and O–H groups in total. The summed E-state index contributed by atoms with van der Waals surface area (Å²) in [5.74, 6) is -1.41. The molecule has 1 aliphatic heterocycles. The van der Waals surface area contributed by atoms with Crippen LogP contribution in [-0.2, 0) is 6.42 Å². The van der Waals surface area contributed by atoms with E-state index in [4.69, 9.17) is 5.11 Å². The van der Waals surface area contributed by atoms with Crippen molar-refractivity contribution in [2.24, 2.45) is 0 Å². The number of aromatic carboxylic acids is 1. The molecule has 3 rings (SSSR count). The van der Waals surface area contributed by atoms with Gasteiger partial charge < -0.3 is 10.0 Å². The van der Waals surface area contributed by atoms with Crippen molar-refractivity contribution in [3.63, 3.8) is 0 Å². The SMILES string of the molecule is O=C(O)c1cc(C(=O)N2CCCc3ccccc32)n[nH]1. The van der Waals surface area contributed by atoms with Gasteiger partial charge in [-0.25, -0.2) is 4.79 Å². The van der Waals surface area contributed by atoms with Crippen LogP contribution >= 0.6 is 0 Å². The van der Waals surface area contributed by atoms with E-state index < -0.39 is 5.97 Å². The molecule has 2 aromatic rings. The molecule has 0 saturated heterocycles. The summed E-state index contributed by atoms with van der Waals surface area (Å²) in [6.07, 6.45) is 1.83. The third-order valence-electron chi connectivity index (χ3n) is 3.38. The maximum absolute atomic E-state index is 12.4. The summed E-state index contributed by atoms with van der Waals surface area (Å²) >= 11 is 0. The van der Waals surface area contributed by atoms with Crippen molar-refractivity contribution in [1.29, 1.82) is 0 Å². The number of hydrogen-bond donors (Lipinski definition) is 2. The van der Waals surface area contributed by atoms with Gasteiger partial charge in [-0.1, -0.05) is 18.2 Å². The number of carboxylic acids is 1. The first-order chi connectivity index (χ1) is 9.66. The Bertz CT molecular complexity index is 678. The first-order valence-electron chi connectivity index (χ1n) is 6.35. The molecule has 0 saturated carbocycles. The van der Waals surface area contributed by atoms with Crippen molar-refractivity contribution in [1.82, 2.24) is 10.2 Å². The topological polar surface area (TPSA) is 86.3 Å². The van der Waals surface area contributed by atoms with Crippen molar-refractivity contribution in [2.75, 3.05) is 11.4 Å². The van der Waals surface area contributed by atoms with Crippen LogP contribution in [0.3, 0.4) is 0 Å². The third kappa shape index (κ3) is 2.05. The number of nitrogens with one attached hydrogen (secondary N) is 1. The minimum Gasteiger partial charge on any atom is -0.477 e. The van der Waals surface area contributed by atoms with Crippen LogP contribution in [0.2, 0.25) is 0 Å². The van der Waals surface area contributed by atoms with Gasteiger partial charge in [0, 0.05) is 18.3 Å². The fourth-order valence-corrected chi connectivity index (χ4v) is 2.42. The molecule has 2 heterocycles. The van der Waals surface area contributed by atoms with Gasteiger partial charge in [-0.2, -0.15) is 5.10 Å². The van der Waals surface area contributed by atoms with Crippen LogP contribution in [0.5, 0.6) is 0 Å². The van der Waals surface area contributed by atoms with Gasteiger partial charge in [0.1, 0.15) is 5.69 Å². The Morgan fingerprint density at radius 2 is 2.10 bits per heavy atom. The molecule has 6 heteroatoms. The summed E-state index contributed by atoms with van der Waals surface area (Å²) in [7, 11) is 0. The minimum atomic E-state index is -1.13. The van der Waals surface area contributed by atoms with E-state index in [9.17, 15) is 9.59 Å². The van der Waals surface area contributed by atoms with Gasteiger partial charge in [-0.15, -0.1) is 0 Å². The normalized spacial score (nSPS) is 13.9. The standard InChI is InChI=1S/C14H13N3O3/c18-13(10-8-11(14(19)20)16-15-10)17-7-3-5-9-4-1-2-6-12(9)17/h1-2,4,6,8H,3,5,7H2,(H,15,16)(H,19,20). The average Bonchev–Trinajstić information content (AvgIpc) is 2.96. The summed E-state index contributed by atoms with van der Waals surface area (Å²) in [6.45, 7) is 0.616. The number of aromatic nitrogens is 2. The quantitative estimate of drug-likeness (QED) is 0.870. The van der Waals surface area contributed by atoms with Crippen LogP contribution in [0.4, 0.5) is 5.69 Å². The molecule has 102 valence electrons. The summed E-state index contributed by atoms with van der Waals surface area (Å²) in [6, 6.07) is 9.00. The molecule has 0 fully saturated rings. The average molecular weight is 271 g/mol. The molecule has 1 aromatic carbocycles. The molecule has 0 spiro atoms. The van der Waals surface area contributed by atoms with Crippen LogP contribution < -0.4 is 4.90 Å². The molecule has 0 aliphatic carbocycles. The number of hydrogen-bond acceptors (Lipinski definition) is 3. The van der Waals surface area contributed by atoms with E-state index in [1.165, 1.54) is 6.07 Å². The van der Waals surface area contributed by atoms with E-state index in [1.54, 1.807) is 4.90 Å². The van der Waals surface area contributed by atoms with Gasteiger partial charge in [0.2, 0.25) is 0 Å². The van der Waals surface area contributed by atoms with Gasteiger partial charge in [0.05, 0.1) is 0 Å². The lowest BCUT2D eigenvalue weighted by molar-refractivity contribution is 0.0690. The van der Waals surface area contributed by atoms with Gasteiger partial charge in [0.15, 0.2) is 5.69 Å². The van der Waals surface area contributed by atoms with Gasteiger partial charge in [-0.3, -0.25) is 9.89 Å². The number of aryl methyl sites for hydroxylation is 1. The Balaban J connectivity index is 1.93. The van der Waals surface area contributed by atoms with Crippen LogP contribution in [0.15, 0.2) is 30.3 Å². The van der Waals surface area contributed by atoms with Crippen molar-refractivity contribution in [3.8, 4) is 0 Å². The molecular weight excluding hydrogens is 258 g/mol. The molecule has 0 atom stereocenters. The smallest absolute Gasteiger partial charge is 0.353 e. The summed E-state index contributed by atoms with van der Waals surface area (Å²) < 4.78 is 0. The largest absolute Gasteiger partial charge is 0.477 e. The second-order valence-corrected chi connectivity index (χ2v) is 4.66. The van der Waals surface area contributed by atoms with Gasteiger partial charge in [0.25, 0.3) is 5.91 Å². The van der Waals surface area contributed by atoms with E-state index >= 15 is 0 Å². The number of para-hydroxylation sites is 1. The monoisotopic (exact) mass is 271 g/mol. The third-order valence-corrected chi connectivity index (χ3v) is 3.38. The Kier molecular flexibility index (Phi) is 2.98. The maximum atomic E-state index is 12.4. The molecule has 1 amide bonds. The highest BCUT2D eigenvalue weighted by Gasteiger charge is 2.25. The van der Waals surface area contributed by atoms with Crippen LogP contribution in [0.25, 0.3) is 0 Å². The number of rotatable bonds is 2. The van der Waals surface area contributed by atoms with Crippen molar-refractivity contribution >= 4 is 17.6 Å². The van der Waals surface area contributed by atoms with Gasteiger partial charge >= 0.3 is 5.97 Å². The number of carbonyl (C=O) groups is 2. The number of nitrogens with zero attached hydrogens (tertiary/aromatic N) is 2. The second kappa shape index (κ2) is 4.80. The Labute approximate surface area is 115 Å². The number of carbonyl (C=O) groups excluding carboxylic acids is 1. The number of aromatic amines is 1. The summed E-state index contributed by atoms with van der Waals surface area (Å²) in [4.78, 5) is 24.9. The zero-order chi connectivity index (χ0) is 14.1. The molecule has 6 nitrogen and oxygen atoms in total. The Morgan fingerprint density at radius 1 is 1.30 bits per heavy atom. The molecule has 0 radical (unpaired) electrons. The number of amides is 1. The van der Waals surface area contributed by atoms with Crippen molar-refractivity contribution in [2.45, 2.75) is 12.8 Å². The molecule has 1 aliphatic rings. The van der Waals surface area contributed by atoms with Crippen molar-refractivity contribution in [3.05, 3.63) is 47.3 Å². The highest BCUT2D eigenvalue weighted by Crippen LogP contribution is 2.27. The van der Waals surface area contributed by atoms with E-state index in [2.05, 4.69) is 10.2 Å². The lowest BCUT2D eigenvalue weighted by Gasteiger charge is -2.28. The fraction of sp³-hybridized carbons (Fsp3) is 0.214.